The Morgan fingerprint density at radius 2 is 1.89 bits per heavy atom. The van der Waals surface area contributed by atoms with Crippen molar-refractivity contribution in [2.75, 3.05) is 0 Å². The summed E-state index contributed by atoms with van der Waals surface area (Å²) in [5, 5.41) is 12.3. The second-order valence-electron chi connectivity index (χ2n) is 8.44. The molecule has 0 bridgehead atoms. The minimum atomic E-state index is -0.705. The summed E-state index contributed by atoms with van der Waals surface area (Å²) < 4.78 is 2.17. The number of hydrogen-bond donors (Lipinski definition) is 1. The summed E-state index contributed by atoms with van der Waals surface area (Å²) in [6.45, 7) is 6.98. The second-order valence-corrected chi connectivity index (χ2v) is 8.44. The average molecular weight is 366 g/mol. The van der Waals surface area contributed by atoms with Crippen LogP contribution in [0.3, 0.4) is 0 Å². The predicted octanol–water partition coefficient (Wildman–Crippen LogP) is 6.01. The molecule has 2 nitrogen and oxygen atoms in total. The second kappa shape index (κ2) is 8.93. The number of aromatic nitrogens is 1. The van der Waals surface area contributed by atoms with Crippen molar-refractivity contribution in [2.45, 2.75) is 70.4 Å². The molecule has 1 aromatic heterocycles. The summed E-state index contributed by atoms with van der Waals surface area (Å²) in [5.74, 6) is 0.281. The third-order valence-electron chi connectivity index (χ3n) is 6.77. The van der Waals surface area contributed by atoms with Crippen molar-refractivity contribution in [1.29, 1.82) is 0 Å². The topological polar surface area (TPSA) is 25.2 Å². The molecular weight excluding hydrogens is 330 g/mol. The van der Waals surface area contributed by atoms with Gasteiger partial charge in [-0.25, -0.2) is 0 Å². The highest BCUT2D eigenvalue weighted by Crippen LogP contribution is 2.57. The number of benzene rings is 1. The maximum absolute atomic E-state index is 12.3. The number of hydrogen-bond acceptors (Lipinski definition) is 1. The molecule has 0 amide bonds. The van der Waals surface area contributed by atoms with Crippen molar-refractivity contribution in [3.63, 3.8) is 0 Å². The Labute approximate surface area is 164 Å². The zero-order valence-corrected chi connectivity index (χ0v) is 16.8. The lowest BCUT2D eigenvalue weighted by Crippen LogP contribution is -2.51. The number of nitrogens with zero attached hydrogens (tertiary/aromatic N) is 1. The van der Waals surface area contributed by atoms with Crippen LogP contribution in [0.25, 0.3) is 0 Å². The molecule has 0 aliphatic heterocycles. The Morgan fingerprint density at radius 1 is 1.15 bits per heavy atom. The van der Waals surface area contributed by atoms with Gasteiger partial charge in [0, 0.05) is 17.8 Å². The predicted molar refractivity (Wildman–Crippen MR) is 114 cm³/mol. The van der Waals surface area contributed by atoms with E-state index in [9.17, 15) is 5.11 Å². The van der Waals surface area contributed by atoms with Crippen molar-refractivity contribution < 1.29 is 5.11 Å². The number of allylic oxidation sites excluding steroid dienone is 1. The lowest BCUT2D eigenvalue weighted by Gasteiger charge is -2.46. The van der Waals surface area contributed by atoms with Gasteiger partial charge in [0.25, 0.3) is 0 Å². The van der Waals surface area contributed by atoms with Crippen LogP contribution >= 0.6 is 0 Å². The molecule has 27 heavy (non-hydrogen) atoms. The van der Waals surface area contributed by atoms with Crippen LogP contribution < -0.4 is 0 Å². The molecular formula is C25H35NO. The van der Waals surface area contributed by atoms with Crippen LogP contribution in [-0.2, 0) is 13.0 Å². The van der Waals surface area contributed by atoms with E-state index in [0.29, 0.717) is 6.54 Å². The van der Waals surface area contributed by atoms with E-state index in [1.165, 1.54) is 24.8 Å². The molecule has 1 aromatic carbocycles. The van der Waals surface area contributed by atoms with Gasteiger partial charge < -0.3 is 9.67 Å². The first-order chi connectivity index (χ1) is 13.1. The smallest absolute Gasteiger partial charge is 0.0915 e. The van der Waals surface area contributed by atoms with Crippen LogP contribution in [0.5, 0.6) is 0 Å². The molecule has 2 heteroatoms. The van der Waals surface area contributed by atoms with E-state index in [1.807, 2.05) is 6.08 Å². The van der Waals surface area contributed by atoms with Crippen molar-refractivity contribution >= 4 is 0 Å². The third kappa shape index (κ3) is 4.21. The van der Waals surface area contributed by atoms with E-state index in [4.69, 9.17) is 0 Å². The van der Waals surface area contributed by atoms with E-state index in [0.717, 1.165) is 32.1 Å². The fourth-order valence-corrected chi connectivity index (χ4v) is 5.27. The highest BCUT2D eigenvalue weighted by molar-refractivity contribution is 5.19. The van der Waals surface area contributed by atoms with Gasteiger partial charge in [-0.3, -0.25) is 0 Å². The van der Waals surface area contributed by atoms with Gasteiger partial charge in [-0.05, 0) is 55.7 Å². The van der Waals surface area contributed by atoms with E-state index in [1.54, 1.807) is 0 Å². The molecule has 3 atom stereocenters. The largest absolute Gasteiger partial charge is 0.387 e. The molecule has 3 unspecified atom stereocenters. The fraction of sp³-hybridized carbons (Fsp3) is 0.520. The number of aliphatic hydroxyl groups is 1. The van der Waals surface area contributed by atoms with Crippen LogP contribution in [0.15, 0.2) is 67.5 Å². The van der Waals surface area contributed by atoms with E-state index in [-0.39, 0.29) is 11.3 Å². The normalized spacial score (nSPS) is 27.7. The summed E-state index contributed by atoms with van der Waals surface area (Å²) in [4.78, 5) is 0. The molecule has 0 radical (unpaired) electrons. The maximum atomic E-state index is 12.3. The highest BCUT2D eigenvalue weighted by Gasteiger charge is 2.57. The first-order valence-electron chi connectivity index (χ1n) is 10.6. The molecule has 0 spiro atoms. The Kier molecular flexibility index (Phi) is 6.59. The van der Waals surface area contributed by atoms with Gasteiger partial charge in [-0.2, -0.15) is 0 Å². The van der Waals surface area contributed by atoms with Crippen LogP contribution in [0.1, 0.15) is 57.4 Å². The monoisotopic (exact) mass is 365 g/mol. The Bertz CT molecular complexity index is 692. The Hall–Kier alpha value is -1.80. The molecule has 0 saturated heterocycles. The van der Waals surface area contributed by atoms with Crippen LogP contribution in [0.4, 0.5) is 0 Å². The van der Waals surface area contributed by atoms with Crippen LogP contribution in [0.2, 0.25) is 0 Å². The number of rotatable bonds is 10. The van der Waals surface area contributed by atoms with Gasteiger partial charge in [0.15, 0.2) is 0 Å². The zero-order valence-electron chi connectivity index (χ0n) is 16.8. The summed E-state index contributed by atoms with van der Waals surface area (Å²) in [6.07, 6.45) is 15.0. The summed E-state index contributed by atoms with van der Waals surface area (Å²) in [6, 6.07) is 14.8. The molecule has 1 aliphatic rings. The molecule has 2 aromatic rings. The SMILES string of the molecule is C=CCC1(CCCCC)CCC(Cc2ccccc2)C1(O)Cn1cccc1. The van der Waals surface area contributed by atoms with Gasteiger partial charge in [0.1, 0.15) is 0 Å². The molecule has 1 saturated carbocycles. The molecule has 1 N–H and O–H groups in total. The van der Waals surface area contributed by atoms with Gasteiger partial charge >= 0.3 is 0 Å². The molecule has 3 rings (SSSR count). The van der Waals surface area contributed by atoms with Crippen molar-refractivity contribution in [1.82, 2.24) is 4.57 Å². The van der Waals surface area contributed by atoms with E-state index in [2.05, 4.69) is 72.9 Å². The highest BCUT2D eigenvalue weighted by atomic mass is 16.3. The molecule has 146 valence electrons. The van der Waals surface area contributed by atoms with Crippen molar-refractivity contribution in [3.8, 4) is 0 Å². The summed E-state index contributed by atoms with van der Waals surface area (Å²) in [7, 11) is 0. The minimum Gasteiger partial charge on any atom is -0.387 e. The molecule has 1 fully saturated rings. The zero-order chi connectivity index (χ0) is 19.2. The standard InChI is InChI=1S/C25H35NO/c1-3-5-9-16-24(15-4-2)17-14-23(20-22-12-7-6-8-13-22)25(24,27)21-26-18-10-11-19-26/h4,6-8,10-13,18-19,23,27H,2-3,5,9,14-17,20-21H2,1H3. The minimum absolute atomic E-state index is 0.0619. The van der Waals surface area contributed by atoms with Gasteiger partial charge in [0.2, 0.25) is 0 Å². The van der Waals surface area contributed by atoms with Crippen molar-refractivity contribution in [3.05, 3.63) is 73.1 Å². The average Bonchev–Trinajstić information content (AvgIpc) is 3.26. The molecule has 1 heterocycles. The quantitative estimate of drug-likeness (QED) is 0.404. The van der Waals surface area contributed by atoms with Crippen molar-refractivity contribution in [2.24, 2.45) is 11.3 Å². The first kappa shape index (κ1) is 19.9. The lowest BCUT2D eigenvalue weighted by molar-refractivity contribution is -0.108. The van der Waals surface area contributed by atoms with E-state index < -0.39 is 5.60 Å². The fourth-order valence-electron chi connectivity index (χ4n) is 5.27. The molecule has 1 aliphatic carbocycles. The Balaban J connectivity index is 1.91. The van der Waals surface area contributed by atoms with E-state index >= 15 is 0 Å². The Morgan fingerprint density at radius 3 is 2.56 bits per heavy atom. The van der Waals surface area contributed by atoms with Crippen LogP contribution in [0, 0.1) is 11.3 Å². The van der Waals surface area contributed by atoms with Crippen LogP contribution in [-0.4, -0.2) is 15.3 Å². The first-order valence-corrected chi connectivity index (χ1v) is 10.6. The van der Waals surface area contributed by atoms with Gasteiger partial charge in [0.05, 0.1) is 12.1 Å². The number of unbranched alkanes of at least 4 members (excludes halogenated alkanes) is 2. The summed E-state index contributed by atoms with van der Waals surface area (Å²) in [5.41, 5.74) is 0.564. The lowest BCUT2D eigenvalue weighted by atomic mass is 9.65. The van der Waals surface area contributed by atoms with Gasteiger partial charge in [-0.1, -0.05) is 62.6 Å². The summed E-state index contributed by atoms with van der Waals surface area (Å²) >= 11 is 0. The van der Waals surface area contributed by atoms with Gasteiger partial charge in [-0.15, -0.1) is 6.58 Å². The third-order valence-corrected chi connectivity index (χ3v) is 6.77. The maximum Gasteiger partial charge on any atom is 0.0915 e.